The standard InChI is InChI=1S/C18H16ClIN2O5/c1-22-14(8-10-2-3-11(20)9-13(10)19)15(17(24)21-27-7-5-23)16-12(18(22)25)4-6-26-16/h2-4,6,9,23H,5,7-8H2,1H3,(H,21,24). The number of aliphatic hydroxyl groups is 1. The topological polar surface area (TPSA) is 93.7 Å². The van der Waals surface area contributed by atoms with Crippen molar-refractivity contribution in [2.75, 3.05) is 13.2 Å². The van der Waals surface area contributed by atoms with Crippen LogP contribution >= 0.6 is 34.2 Å². The van der Waals surface area contributed by atoms with Gasteiger partial charge in [-0.25, -0.2) is 5.48 Å². The van der Waals surface area contributed by atoms with Gasteiger partial charge >= 0.3 is 0 Å². The van der Waals surface area contributed by atoms with Crippen molar-refractivity contribution >= 4 is 51.1 Å². The highest BCUT2D eigenvalue weighted by atomic mass is 127. The molecule has 3 aromatic rings. The van der Waals surface area contributed by atoms with Crippen molar-refractivity contribution in [3.8, 4) is 0 Å². The molecule has 0 bridgehead atoms. The Morgan fingerprint density at radius 2 is 2.19 bits per heavy atom. The predicted octanol–water partition coefficient (Wildman–Crippen LogP) is 2.63. The van der Waals surface area contributed by atoms with E-state index in [0.29, 0.717) is 16.1 Å². The van der Waals surface area contributed by atoms with Gasteiger partial charge in [0.15, 0.2) is 5.58 Å². The summed E-state index contributed by atoms with van der Waals surface area (Å²) in [6, 6.07) is 7.08. The zero-order valence-electron chi connectivity index (χ0n) is 14.3. The normalized spacial score (nSPS) is 11.1. The molecule has 0 saturated heterocycles. The molecule has 3 rings (SSSR count). The molecular formula is C18H16ClIN2O5. The van der Waals surface area contributed by atoms with Crippen LogP contribution in [-0.4, -0.2) is 28.8 Å². The molecule has 0 fully saturated rings. The zero-order chi connectivity index (χ0) is 19.6. The van der Waals surface area contributed by atoms with E-state index in [1.165, 1.54) is 16.9 Å². The SMILES string of the molecule is Cn1c(Cc2ccc(I)cc2Cl)c(C(=O)NOCCO)c2occc2c1=O. The molecule has 142 valence electrons. The molecule has 0 unspecified atom stereocenters. The highest BCUT2D eigenvalue weighted by Crippen LogP contribution is 2.26. The lowest BCUT2D eigenvalue weighted by Gasteiger charge is -2.15. The van der Waals surface area contributed by atoms with Crippen LogP contribution in [0.25, 0.3) is 11.0 Å². The number of carbonyl (C=O) groups is 1. The van der Waals surface area contributed by atoms with Crippen LogP contribution in [0.1, 0.15) is 21.6 Å². The molecule has 0 aliphatic heterocycles. The summed E-state index contributed by atoms with van der Waals surface area (Å²) in [5.41, 5.74) is 3.57. The van der Waals surface area contributed by atoms with E-state index >= 15 is 0 Å². The van der Waals surface area contributed by atoms with Crippen LogP contribution in [-0.2, 0) is 18.3 Å². The lowest BCUT2D eigenvalue weighted by molar-refractivity contribution is 0.0167. The van der Waals surface area contributed by atoms with E-state index in [9.17, 15) is 9.59 Å². The van der Waals surface area contributed by atoms with Gasteiger partial charge in [0.25, 0.3) is 11.5 Å². The van der Waals surface area contributed by atoms with Gasteiger partial charge in [-0.3, -0.25) is 14.4 Å². The van der Waals surface area contributed by atoms with E-state index in [0.717, 1.165) is 9.13 Å². The van der Waals surface area contributed by atoms with E-state index in [1.54, 1.807) is 7.05 Å². The van der Waals surface area contributed by atoms with Crippen LogP contribution in [0.3, 0.4) is 0 Å². The summed E-state index contributed by atoms with van der Waals surface area (Å²) in [6.07, 6.45) is 1.61. The summed E-state index contributed by atoms with van der Waals surface area (Å²) in [5, 5.41) is 9.65. The molecule has 1 amide bonds. The number of halogens is 2. The molecule has 2 aromatic heterocycles. The van der Waals surface area contributed by atoms with Gasteiger partial charge in [-0.2, -0.15) is 0 Å². The molecule has 0 atom stereocenters. The molecule has 7 nitrogen and oxygen atoms in total. The van der Waals surface area contributed by atoms with Crippen LogP contribution in [0, 0.1) is 3.57 Å². The van der Waals surface area contributed by atoms with Gasteiger partial charge in [0.2, 0.25) is 0 Å². The third kappa shape index (κ3) is 4.03. The van der Waals surface area contributed by atoms with Crippen LogP contribution < -0.4 is 11.0 Å². The highest BCUT2D eigenvalue weighted by Gasteiger charge is 2.24. The number of hydrogen-bond acceptors (Lipinski definition) is 5. The molecule has 2 heterocycles. The highest BCUT2D eigenvalue weighted by molar-refractivity contribution is 14.1. The van der Waals surface area contributed by atoms with Crippen molar-refractivity contribution in [2.45, 2.75) is 6.42 Å². The third-order valence-corrected chi connectivity index (χ3v) is 5.10. The van der Waals surface area contributed by atoms with E-state index < -0.39 is 5.91 Å². The summed E-state index contributed by atoms with van der Waals surface area (Å²) < 4.78 is 7.82. The number of fused-ring (bicyclic) bond motifs is 1. The van der Waals surface area contributed by atoms with Crippen LogP contribution in [0.15, 0.2) is 39.7 Å². The predicted molar refractivity (Wildman–Crippen MR) is 109 cm³/mol. The average Bonchev–Trinajstić information content (AvgIpc) is 3.11. The molecule has 0 saturated carbocycles. The van der Waals surface area contributed by atoms with Gasteiger partial charge in [0.1, 0.15) is 5.56 Å². The maximum Gasteiger partial charge on any atom is 0.280 e. The van der Waals surface area contributed by atoms with Crippen LogP contribution in [0.4, 0.5) is 0 Å². The van der Waals surface area contributed by atoms with E-state index in [1.807, 2.05) is 18.2 Å². The second kappa shape index (κ2) is 8.42. The first kappa shape index (κ1) is 19.9. The van der Waals surface area contributed by atoms with Crippen molar-refractivity contribution in [1.82, 2.24) is 10.0 Å². The van der Waals surface area contributed by atoms with E-state index in [4.69, 9.17) is 26.0 Å². The number of pyridine rings is 1. The number of benzene rings is 1. The van der Waals surface area contributed by atoms with Crippen molar-refractivity contribution in [2.24, 2.45) is 7.05 Å². The number of rotatable bonds is 6. The van der Waals surface area contributed by atoms with Gasteiger partial charge in [0, 0.05) is 27.8 Å². The minimum atomic E-state index is -0.573. The molecule has 9 heteroatoms. The fourth-order valence-corrected chi connectivity index (χ4v) is 3.70. The van der Waals surface area contributed by atoms with Gasteiger partial charge < -0.3 is 14.1 Å². The summed E-state index contributed by atoms with van der Waals surface area (Å²) in [4.78, 5) is 30.3. The van der Waals surface area contributed by atoms with Crippen molar-refractivity contribution in [1.29, 1.82) is 0 Å². The first-order chi connectivity index (χ1) is 12.9. The Hall–Kier alpha value is -1.88. The molecule has 0 aliphatic rings. The fraction of sp³-hybridized carbons (Fsp3) is 0.222. The summed E-state index contributed by atoms with van der Waals surface area (Å²) in [6.45, 7) is -0.300. The third-order valence-electron chi connectivity index (χ3n) is 4.08. The number of nitrogens with one attached hydrogen (secondary N) is 1. The quantitative estimate of drug-likeness (QED) is 0.307. The van der Waals surface area contributed by atoms with Gasteiger partial charge in [0.05, 0.1) is 24.9 Å². The summed E-state index contributed by atoms with van der Waals surface area (Å²) in [5.74, 6) is -0.573. The second-order valence-corrected chi connectivity index (χ2v) is 7.42. The second-order valence-electron chi connectivity index (χ2n) is 5.77. The fourth-order valence-electron chi connectivity index (χ4n) is 2.77. The smallest absolute Gasteiger partial charge is 0.280 e. The minimum absolute atomic E-state index is 0.0584. The molecule has 1 aromatic carbocycles. The number of hydroxylamine groups is 1. The van der Waals surface area contributed by atoms with Crippen molar-refractivity contribution < 1.29 is 19.2 Å². The number of aliphatic hydroxyl groups excluding tert-OH is 1. The van der Waals surface area contributed by atoms with E-state index in [2.05, 4.69) is 28.1 Å². The number of hydrogen-bond donors (Lipinski definition) is 2. The molecular weight excluding hydrogens is 487 g/mol. The number of aromatic nitrogens is 1. The minimum Gasteiger partial charge on any atom is -0.463 e. The van der Waals surface area contributed by atoms with Gasteiger partial charge in [-0.1, -0.05) is 17.7 Å². The number of amides is 1. The molecule has 0 radical (unpaired) electrons. The largest absolute Gasteiger partial charge is 0.463 e. The first-order valence-corrected chi connectivity index (χ1v) is 9.45. The molecule has 27 heavy (non-hydrogen) atoms. The van der Waals surface area contributed by atoms with Crippen molar-refractivity contribution in [3.05, 3.63) is 66.3 Å². The van der Waals surface area contributed by atoms with Crippen LogP contribution in [0.5, 0.6) is 0 Å². The van der Waals surface area contributed by atoms with E-state index in [-0.39, 0.29) is 36.3 Å². The molecule has 0 spiro atoms. The van der Waals surface area contributed by atoms with Gasteiger partial charge in [-0.15, -0.1) is 0 Å². The maximum absolute atomic E-state index is 12.7. The Labute approximate surface area is 173 Å². The number of furan rings is 1. The molecule has 2 N–H and O–H groups in total. The number of nitrogens with zero attached hydrogens (tertiary/aromatic N) is 1. The Kier molecular flexibility index (Phi) is 6.20. The van der Waals surface area contributed by atoms with Gasteiger partial charge in [-0.05, 0) is 46.4 Å². The Balaban J connectivity index is 2.14. The Morgan fingerprint density at radius 1 is 1.41 bits per heavy atom. The number of carbonyl (C=O) groups excluding carboxylic acids is 1. The lowest BCUT2D eigenvalue weighted by atomic mass is 10.0. The van der Waals surface area contributed by atoms with Crippen molar-refractivity contribution in [3.63, 3.8) is 0 Å². The lowest BCUT2D eigenvalue weighted by Crippen LogP contribution is -2.30. The summed E-state index contributed by atoms with van der Waals surface area (Å²) >= 11 is 8.49. The summed E-state index contributed by atoms with van der Waals surface area (Å²) in [7, 11) is 1.59. The Bertz CT molecular complexity index is 1060. The molecule has 0 aliphatic carbocycles. The zero-order valence-corrected chi connectivity index (χ0v) is 17.2. The first-order valence-electron chi connectivity index (χ1n) is 8.00. The maximum atomic E-state index is 12.7. The monoisotopic (exact) mass is 502 g/mol. The van der Waals surface area contributed by atoms with Crippen LogP contribution in [0.2, 0.25) is 5.02 Å². The Morgan fingerprint density at radius 3 is 2.89 bits per heavy atom. The average molecular weight is 503 g/mol.